The normalized spacial score (nSPS) is 20.4. The zero-order chi connectivity index (χ0) is 17.8. The lowest BCUT2D eigenvalue weighted by atomic mass is 9.86. The van der Waals surface area contributed by atoms with Gasteiger partial charge < -0.3 is 11.2 Å². The Bertz CT molecular complexity index is 733. The third-order valence-electron chi connectivity index (χ3n) is 4.56. The van der Waals surface area contributed by atoms with E-state index in [2.05, 4.69) is 22.4 Å². The Hall–Kier alpha value is -1.73. The van der Waals surface area contributed by atoms with Crippen LogP contribution >= 0.6 is 23.4 Å². The van der Waals surface area contributed by atoms with Crippen LogP contribution in [0.15, 0.2) is 29.4 Å². The molecule has 1 amide bonds. The summed E-state index contributed by atoms with van der Waals surface area (Å²) < 4.78 is 1.41. The van der Waals surface area contributed by atoms with E-state index in [1.165, 1.54) is 35.7 Å². The van der Waals surface area contributed by atoms with Crippen LogP contribution in [0.25, 0.3) is 11.4 Å². The minimum atomic E-state index is 0.0137. The van der Waals surface area contributed by atoms with Crippen molar-refractivity contribution < 1.29 is 4.79 Å². The van der Waals surface area contributed by atoms with E-state index in [4.69, 9.17) is 17.4 Å². The number of aromatic nitrogens is 3. The first-order valence-corrected chi connectivity index (χ1v) is 9.79. The molecule has 0 spiro atoms. The Morgan fingerprint density at radius 3 is 2.76 bits per heavy atom. The number of nitrogens with one attached hydrogen (secondary N) is 1. The van der Waals surface area contributed by atoms with Crippen molar-refractivity contribution in [1.82, 2.24) is 20.2 Å². The molecule has 3 N–H and O–H groups in total. The van der Waals surface area contributed by atoms with E-state index < -0.39 is 0 Å². The first kappa shape index (κ1) is 18.1. The van der Waals surface area contributed by atoms with E-state index in [1.54, 1.807) is 12.1 Å². The van der Waals surface area contributed by atoms with Crippen molar-refractivity contribution in [2.75, 3.05) is 11.6 Å². The highest BCUT2D eigenvalue weighted by Gasteiger charge is 2.23. The van der Waals surface area contributed by atoms with E-state index in [0.717, 1.165) is 12.0 Å². The Morgan fingerprint density at radius 1 is 1.32 bits per heavy atom. The molecule has 1 aliphatic rings. The molecule has 134 valence electrons. The molecule has 25 heavy (non-hydrogen) atoms. The smallest absolute Gasteiger partial charge is 0.230 e. The van der Waals surface area contributed by atoms with Gasteiger partial charge in [0.15, 0.2) is 5.82 Å². The van der Waals surface area contributed by atoms with Gasteiger partial charge in [-0.3, -0.25) is 4.79 Å². The van der Waals surface area contributed by atoms with Crippen molar-refractivity contribution >= 4 is 29.3 Å². The van der Waals surface area contributed by atoms with Gasteiger partial charge in [0.2, 0.25) is 11.1 Å². The van der Waals surface area contributed by atoms with E-state index in [-0.39, 0.29) is 17.7 Å². The van der Waals surface area contributed by atoms with Crippen molar-refractivity contribution in [2.24, 2.45) is 5.92 Å². The van der Waals surface area contributed by atoms with Crippen molar-refractivity contribution in [3.8, 4) is 11.4 Å². The summed E-state index contributed by atoms with van der Waals surface area (Å²) >= 11 is 7.19. The van der Waals surface area contributed by atoms with Crippen LogP contribution in [0.3, 0.4) is 0 Å². The topological polar surface area (TPSA) is 85.8 Å². The average molecular weight is 380 g/mol. The van der Waals surface area contributed by atoms with Crippen LogP contribution in [0.1, 0.15) is 32.6 Å². The van der Waals surface area contributed by atoms with E-state index in [9.17, 15) is 4.79 Å². The molecule has 0 aliphatic heterocycles. The highest BCUT2D eigenvalue weighted by atomic mass is 35.5. The number of benzene rings is 1. The number of rotatable bonds is 5. The predicted octanol–water partition coefficient (Wildman–Crippen LogP) is 3.10. The Morgan fingerprint density at radius 2 is 2.04 bits per heavy atom. The van der Waals surface area contributed by atoms with Gasteiger partial charge in [0, 0.05) is 16.6 Å². The zero-order valence-electron chi connectivity index (χ0n) is 14.1. The van der Waals surface area contributed by atoms with Crippen molar-refractivity contribution in [3.63, 3.8) is 0 Å². The van der Waals surface area contributed by atoms with Crippen LogP contribution in [-0.4, -0.2) is 32.6 Å². The van der Waals surface area contributed by atoms with Gasteiger partial charge in [-0.2, -0.15) is 0 Å². The molecule has 1 aliphatic carbocycles. The summed E-state index contributed by atoms with van der Waals surface area (Å²) in [5, 5.41) is 12.5. The summed E-state index contributed by atoms with van der Waals surface area (Å²) in [6, 6.07) is 7.50. The maximum absolute atomic E-state index is 12.2. The Balaban J connectivity index is 1.58. The fourth-order valence-electron chi connectivity index (χ4n) is 3.08. The Labute approximate surface area is 156 Å². The van der Waals surface area contributed by atoms with Crippen LogP contribution in [0, 0.1) is 5.92 Å². The minimum absolute atomic E-state index is 0.0137. The van der Waals surface area contributed by atoms with Gasteiger partial charge in [0.25, 0.3) is 0 Å². The minimum Gasteiger partial charge on any atom is -0.352 e. The number of hydrogen-bond acceptors (Lipinski definition) is 5. The van der Waals surface area contributed by atoms with Gasteiger partial charge >= 0.3 is 0 Å². The number of nitrogens with zero attached hydrogens (tertiary/aromatic N) is 3. The molecule has 0 bridgehead atoms. The third kappa shape index (κ3) is 4.46. The summed E-state index contributed by atoms with van der Waals surface area (Å²) in [4.78, 5) is 12.2. The summed E-state index contributed by atoms with van der Waals surface area (Å²) in [6.45, 7) is 2.20. The van der Waals surface area contributed by atoms with Crippen molar-refractivity contribution in [2.45, 2.75) is 43.8 Å². The number of thioether (sulfide) groups is 1. The van der Waals surface area contributed by atoms with Gasteiger partial charge in [-0.15, -0.1) is 10.2 Å². The molecule has 6 nitrogen and oxygen atoms in total. The quantitative estimate of drug-likeness (QED) is 0.615. The summed E-state index contributed by atoms with van der Waals surface area (Å²) in [5.74, 6) is 7.44. The standard InChI is InChI=1S/C17H22ClN5OS/c1-11-4-2-3-5-14(11)20-15(24)10-25-17-22-21-16(23(17)19)12-6-8-13(18)9-7-12/h6-9,11,14H,2-5,10,19H2,1H3,(H,20,24)/t11-,14+/m0/s1. The second-order valence-corrected chi connectivity index (χ2v) is 7.79. The molecule has 0 radical (unpaired) electrons. The molecular formula is C17H22ClN5OS. The average Bonchev–Trinajstić information content (AvgIpc) is 2.97. The lowest BCUT2D eigenvalue weighted by molar-refractivity contribution is -0.119. The van der Waals surface area contributed by atoms with Crippen LogP contribution in [0.4, 0.5) is 0 Å². The molecular weight excluding hydrogens is 358 g/mol. The number of hydrogen-bond donors (Lipinski definition) is 2. The molecule has 0 unspecified atom stereocenters. The second-order valence-electron chi connectivity index (χ2n) is 6.41. The van der Waals surface area contributed by atoms with Crippen molar-refractivity contribution in [3.05, 3.63) is 29.3 Å². The van der Waals surface area contributed by atoms with Gasteiger partial charge in [-0.1, -0.05) is 43.1 Å². The van der Waals surface area contributed by atoms with Crippen LogP contribution in [-0.2, 0) is 4.79 Å². The fourth-order valence-corrected chi connectivity index (χ4v) is 3.87. The van der Waals surface area contributed by atoms with Gasteiger partial charge in [0.05, 0.1) is 5.75 Å². The van der Waals surface area contributed by atoms with Crippen LogP contribution in [0.2, 0.25) is 5.02 Å². The number of nitrogen functional groups attached to an aromatic ring is 1. The van der Waals surface area contributed by atoms with Crippen LogP contribution in [0.5, 0.6) is 0 Å². The zero-order valence-corrected chi connectivity index (χ0v) is 15.7. The number of nitrogens with two attached hydrogens (primary N) is 1. The van der Waals surface area contributed by atoms with E-state index >= 15 is 0 Å². The monoisotopic (exact) mass is 379 g/mol. The molecule has 1 aromatic heterocycles. The van der Waals surface area contributed by atoms with Gasteiger partial charge in [0.1, 0.15) is 0 Å². The fraction of sp³-hybridized carbons (Fsp3) is 0.471. The largest absolute Gasteiger partial charge is 0.352 e. The molecule has 2 aromatic rings. The molecule has 2 atom stereocenters. The molecule has 0 saturated heterocycles. The van der Waals surface area contributed by atoms with Crippen LogP contribution < -0.4 is 11.2 Å². The maximum Gasteiger partial charge on any atom is 0.230 e. The van der Waals surface area contributed by atoms with Gasteiger partial charge in [-0.25, -0.2) is 4.68 Å². The molecule has 1 aromatic carbocycles. The van der Waals surface area contributed by atoms with Gasteiger partial charge in [-0.05, 0) is 43.0 Å². The second kappa shape index (κ2) is 8.10. The predicted molar refractivity (Wildman–Crippen MR) is 101 cm³/mol. The number of carbonyl (C=O) groups is 1. The first-order valence-electron chi connectivity index (χ1n) is 8.43. The molecule has 3 rings (SSSR count). The third-order valence-corrected chi connectivity index (χ3v) is 5.75. The highest BCUT2D eigenvalue weighted by Crippen LogP contribution is 2.25. The highest BCUT2D eigenvalue weighted by molar-refractivity contribution is 7.99. The van der Waals surface area contributed by atoms with E-state index in [1.807, 2.05) is 12.1 Å². The SMILES string of the molecule is C[C@H]1CCCC[C@H]1NC(=O)CSc1nnc(-c2ccc(Cl)cc2)n1N. The first-order chi connectivity index (χ1) is 12.0. The maximum atomic E-state index is 12.2. The lowest BCUT2D eigenvalue weighted by Gasteiger charge is -2.29. The molecule has 1 saturated carbocycles. The molecule has 1 heterocycles. The summed E-state index contributed by atoms with van der Waals surface area (Å²) in [7, 11) is 0. The Kier molecular flexibility index (Phi) is 5.86. The summed E-state index contributed by atoms with van der Waals surface area (Å²) in [6.07, 6.45) is 4.68. The number of amides is 1. The van der Waals surface area contributed by atoms with Crippen molar-refractivity contribution in [1.29, 1.82) is 0 Å². The molecule has 1 fully saturated rings. The number of carbonyl (C=O) groups excluding carboxylic acids is 1. The molecule has 8 heteroatoms. The number of halogens is 1. The lowest BCUT2D eigenvalue weighted by Crippen LogP contribution is -2.41. The van der Waals surface area contributed by atoms with E-state index in [0.29, 0.717) is 21.9 Å². The summed E-state index contributed by atoms with van der Waals surface area (Å²) in [5.41, 5.74) is 0.826.